The monoisotopic (exact) mass is 442 g/mol. The highest BCUT2D eigenvalue weighted by Gasteiger charge is 2.36. The summed E-state index contributed by atoms with van der Waals surface area (Å²) in [7, 11) is 0. The lowest BCUT2D eigenvalue weighted by Gasteiger charge is -2.20. The Morgan fingerprint density at radius 2 is 1.88 bits per heavy atom. The van der Waals surface area contributed by atoms with Crippen molar-refractivity contribution in [1.82, 2.24) is 19.7 Å². The molecule has 9 nitrogen and oxygen atoms in total. The Labute approximate surface area is 189 Å². The van der Waals surface area contributed by atoms with Gasteiger partial charge in [0, 0.05) is 18.7 Å². The van der Waals surface area contributed by atoms with Crippen molar-refractivity contribution in [1.29, 1.82) is 0 Å². The predicted molar refractivity (Wildman–Crippen MR) is 124 cm³/mol. The molecule has 33 heavy (non-hydrogen) atoms. The van der Waals surface area contributed by atoms with Crippen LogP contribution in [-0.2, 0) is 9.59 Å². The molecular weight excluding hydrogens is 420 g/mol. The van der Waals surface area contributed by atoms with E-state index in [-0.39, 0.29) is 23.8 Å². The predicted octanol–water partition coefficient (Wildman–Crippen LogP) is 2.72. The standard InChI is InChI=1S/C24H22N6O3/c1-14-6-5-9-19(15(14)2)29-12-16(10-21(29)31)23(32)28-18-7-3-4-8-20(18)30-22-17(11-27-30)24(33)26-13-25-22/h3-9,11,13,16H,10,12H2,1-2H3,(H,28,32)(H,25,26,33). The SMILES string of the molecule is Cc1cccc(N2CC(C(=O)Nc3ccccc3-n3ncc4c(=O)[nH]cnc43)CC2=O)c1C. The number of hydrogen-bond donors (Lipinski definition) is 2. The van der Waals surface area contributed by atoms with Gasteiger partial charge >= 0.3 is 0 Å². The average Bonchev–Trinajstić information content (AvgIpc) is 3.41. The summed E-state index contributed by atoms with van der Waals surface area (Å²) in [4.78, 5) is 46.3. The highest BCUT2D eigenvalue weighted by atomic mass is 16.2. The van der Waals surface area contributed by atoms with Gasteiger partial charge < -0.3 is 15.2 Å². The summed E-state index contributed by atoms with van der Waals surface area (Å²) in [6, 6.07) is 13.0. The molecule has 3 heterocycles. The van der Waals surface area contributed by atoms with E-state index in [0.717, 1.165) is 16.8 Å². The van der Waals surface area contributed by atoms with Crippen molar-refractivity contribution >= 4 is 34.2 Å². The number of amides is 2. The Morgan fingerprint density at radius 1 is 1.09 bits per heavy atom. The van der Waals surface area contributed by atoms with Crippen LogP contribution in [0.5, 0.6) is 0 Å². The molecule has 1 atom stereocenters. The van der Waals surface area contributed by atoms with Crippen molar-refractivity contribution < 1.29 is 9.59 Å². The Morgan fingerprint density at radius 3 is 2.73 bits per heavy atom. The van der Waals surface area contributed by atoms with E-state index in [1.54, 1.807) is 23.1 Å². The van der Waals surface area contributed by atoms with E-state index < -0.39 is 5.92 Å². The van der Waals surface area contributed by atoms with Gasteiger partial charge in [-0.1, -0.05) is 24.3 Å². The summed E-state index contributed by atoms with van der Waals surface area (Å²) in [6.07, 6.45) is 2.90. The zero-order valence-corrected chi connectivity index (χ0v) is 18.2. The lowest BCUT2D eigenvalue weighted by atomic mass is 10.1. The lowest BCUT2D eigenvalue weighted by Crippen LogP contribution is -2.29. The van der Waals surface area contributed by atoms with Gasteiger partial charge in [-0.15, -0.1) is 0 Å². The number of anilines is 2. The minimum Gasteiger partial charge on any atom is -0.324 e. The largest absolute Gasteiger partial charge is 0.324 e. The van der Waals surface area contributed by atoms with Crippen LogP contribution in [0.4, 0.5) is 11.4 Å². The number of carbonyl (C=O) groups excluding carboxylic acids is 2. The number of benzene rings is 2. The molecular formula is C24H22N6O3. The fraction of sp³-hybridized carbons (Fsp3) is 0.208. The molecule has 0 bridgehead atoms. The first-order chi connectivity index (χ1) is 15.9. The Bertz CT molecular complexity index is 1450. The summed E-state index contributed by atoms with van der Waals surface area (Å²) in [5, 5.41) is 7.59. The summed E-state index contributed by atoms with van der Waals surface area (Å²) in [5.74, 6) is -0.801. The molecule has 5 rings (SSSR count). The molecule has 1 saturated heterocycles. The second kappa shape index (κ2) is 8.01. The molecule has 2 aromatic heterocycles. The van der Waals surface area contributed by atoms with Crippen molar-refractivity contribution in [2.45, 2.75) is 20.3 Å². The molecule has 1 unspecified atom stereocenters. The van der Waals surface area contributed by atoms with Crippen LogP contribution in [0.1, 0.15) is 17.5 Å². The maximum Gasteiger partial charge on any atom is 0.261 e. The van der Waals surface area contributed by atoms with Crippen LogP contribution in [0.15, 0.2) is 59.8 Å². The van der Waals surface area contributed by atoms with Crippen LogP contribution in [-0.4, -0.2) is 38.1 Å². The molecule has 0 spiro atoms. The topological polar surface area (TPSA) is 113 Å². The number of nitrogens with zero attached hydrogens (tertiary/aromatic N) is 4. The molecule has 9 heteroatoms. The molecule has 0 saturated carbocycles. The van der Waals surface area contributed by atoms with Crippen molar-refractivity contribution in [3.05, 3.63) is 76.5 Å². The number of nitrogens with one attached hydrogen (secondary N) is 2. The molecule has 1 aliphatic rings. The van der Waals surface area contributed by atoms with Gasteiger partial charge in [0.15, 0.2) is 5.65 Å². The number of aryl methyl sites for hydroxylation is 1. The minimum atomic E-state index is -0.485. The van der Waals surface area contributed by atoms with Gasteiger partial charge in [0.05, 0.1) is 29.8 Å². The third kappa shape index (κ3) is 3.57. The van der Waals surface area contributed by atoms with Crippen molar-refractivity contribution in [3.63, 3.8) is 0 Å². The van der Waals surface area contributed by atoms with Crippen LogP contribution < -0.4 is 15.8 Å². The van der Waals surface area contributed by atoms with Gasteiger partial charge in [0.25, 0.3) is 5.56 Å². The van der Waals surface area contributed by atoms with Crippen molar-refractivity contribution in [2.75, 3.05) is 16.8 Å². The molecule has 2 N–H and O–H groups in total. The van der Waals surface area contributed by atoms with Crippen LogP contribution in [0, 0.1) is 19.8 Å². The first-order valence-electron chi connectivity index (χ1n) is 10.6. The third-order valence-corrected chi connectivity index (χ3v) is 6.12. The lowest BCUT2D eigenvalue weighted by molar-refractivity contribution is -0.122. The maximum atomic E-state index is 13.1. The van der Waals surface area contributed by atoms with Crippen LogP contribution in [0.2, 0.25) is 0 Å². The van der Waals surface area contributed by atoms with Crippen LogP contribution in [0.25, 0.3) is 16.7 Å². The van der Waals surface area contributed by atoms with Crippen molar-refractivity contribution in [2.24, 2.45) is 5.92 Å². The van der Waals surface area contributed by atoms with Crippen LogP contribution >= 0.6 is 0 Å². The number of para-hydroxylation sites is 2. The fourth-order valence-electron chi connectivity index (χ4n) is 4.18. The van der Waals surface area contributed by atoms with E-state index in [2.05, 4.69) is 20.4 Å². The number of carbonyl (C=O) groups is 2. The zero-order chi connectivity index (χ0) is 23.1. The Hall–Kier alpha value is -4.27. The average molecular weight is 442 g/mol. The first-order valence-corrected chi connectivity index (χ1v) is 10.6. The summed E-state index contributed by atoms with van der Waals surface area (Å²) < 4.78 is 1.52. The number of hydrogen-bond acceptors (Lipinski definition) is 5. The second-order valence-corrected chi connectivity index (χ2v) is 8.16. The molecule has 1 aliphatic heterocycles. The highest BCUT2D eigenvalue weighted by molar-refractivity contribution is 6.04. The third-order valence-electron chi connectivity index (χ3n) is 6.12. The Kier molecular flexibility index (Phi) is 5.01. The number of aromatic amines is 1. The van der Waals surface area contributed by atoms with Gasteiger partial charge in [-0.2, -0.15) is 5.10 Å². The van der Waals surface area contributed by atoms with E-state index in [9.17, 15) is 14.4 Å². The second-order valence-electron chi connectivity index (χ2n) is 8.16. The van der Waals surface area contributed by atoms with E-state index >= 15 is 0 Å². The van der Waals surface area contributed by atoms with Gasteiger partial charge in [-0.3, -0.25) is 14.4 Å². The number of aromatic nitrogens is 4. The van der Waals surface area contributed by atoms with E-state index in [1.807, 2.05) is 38.1 Å². The number of rotatable bonds is 4. The molecule has 4 aromatic rings. The minimum absolute atomic E-state index is 0.0707. The maximum absolute atomic E-state index is 13.1. The Balaban J connectivity index is 1.41. The smallest absolute Gasteiger partial charge is 0.261 e. The number of fused-ring (bicyclic) bond motifs is 1. The molecule has 166 valence electrons. The van der Waals surface area contributed by atoms with E-state index in [0.29, 0.717) is 29.0 Å². The van der Waals surface area contributed by atoms with E-state index in [1.165, 1.54) is 17.2 Å². The highest BCUT2D eigenvalue weighted by Crippen LogP contribution is 2.30. The van der Waals surface area contributed by atoms with Gasteiger partial charge in [0.2, 0.25) is 11.8 Å². The molecule has 1 fully saturated rings. The van der Waals surface area contributed by atoms with Crippen LogP contribution in [0.3, 0.4) is 0 Å². The van der Waals surface area contributed by atoms with Gasteiger partial charge in [-0.05, 0) is 43.2 Å². The quantitative estimate of drug-likeness (QED) is 0.505. The molecule has 2 aromatic carbocycles. The molecule has 2 amide bonds. The summed E-state index contributed by atoms with van der Waals surface area (Å²) in [5.41, 5.74) is 4.17. The zero-order valence-electron chi connectivity index (χ0n) is 18.2. The van der Waals surface area contributed by atoms with Gasteiger partial charge in [-0.25, -0.2) is 9.67 Å². The fourth-order valence-corrected chi connectivity index (χ4v) is 4.18. The molecule has 0 radical (unpaired) electrons. The molecule has 0 aliphatic carbocycles. The van der Waals surface area contributed by atoms with E-state index in [4.69, 9.17) is 0 Å². The first kappa shape index (κ1) is 20.6. The van der Waals surface area contributed by atoms with Gasteiger partial charge in [0.1, 0.15) is 5.39 Å². The summed E-state index contributed by atoms with van der Waals surface area (Å²) in [6.45, 7) is 4.30. The van der Waals surface area contributed by atoms with Crippen molar-refractivity contribution in [3.8, 4) is 5.69 Å². The normalized spacial score (nSPS) is 15.9. The summed E-state index contributed by atoms with van der Waals surface area (Å²) >= 11 is 0. The number of H-pyrrole nitrogens is 1.